The van der Waals surface area contributed by atoms with Gasteiger partial charge >= 0.3 is 0 Å². The van der Waals surface area contributed by atoms with Crippen LogP contribution in [0.2, 0.25) is 0 Å². The van der Waals surface area contributed by atoms with Gasteiger partial charge in [0, 0.05) is 51.1 Å². The van der Waals surface area contributed by atoms with Crippen molar-refractivity contribution in [3.8, 4) is 6.07 Å². The number of hydrogen-bond acceptors (Lipinski definition) is 7. The zero-order valence-electron chi connectivity index (χ0n) is 15.8. The van der Waals surface area contributed by atoms with E-state index < -0.39 is 4.92 Å². The number of piperazine rings is 1. The maximum Gasteiger partial charge on any atom is 0.271 e. The number of nitriles is 1. The van der Waals surface area contributed by atoms with Crippen molar-refractivity contribution in [1.82, 2.24) is 9.88 Å². The summed E-state index contributed by atoms with van der Waals surface area (Å²) in [4.78, 5) is 33.6. The molecule has 1 aromatic carbocycles. The van der Waals surface area contributed by atoms with Gasteiger partial charge in [0.1, 0.15) is 11.9 Å². The van der Waals surface area contributed by atoms with E-state index in [0.29, 0.717) is 56.2 Å². The first-order valence-corrected chi connectivity index (χ1v) is 9.47. The molecule has 0 N–H and O–H groups in total. The minimum atomic E-state index is -0.437. The van der Waals surface area contributed by atoms with Gasteiger partial charge in [-0.2, -0.15) is 5.26 Å². The van der Waals surface area contributed by atoms with Crippen molar-refractivity contribution in [3.63, 3.8) is 0 Å². The van der Waals surface area contributed by atoms with Crippen LogP contribution in [0.5, 0.6) is 0 Å². The number of benzene rings is 1. The van der Waals surface area contributed by atoms with Crippen LogP contribution in [0.15, 0.2) is 36.5 Å². The molecule has 2 aliphatic heterocycles. The van der Waals surface area contributed by atoms with Crippen LogP contribution >= 0.6 is 0 Å². The van der Waals surface area contributed by atoms with Crippen LogP contribution in [0, 0.1) is 21.4 Å². The Balaban J connectivity index is 1.39. The number of nitro benzene ring substituents is 1. The molecule has 2 aliphatic rings. The van der Waals surface area contributed by atoms with Gasteiger partial charge in [0.15, 0.2) is 0 Å². The Morgan fingerprint density at radius 2 is 2.00 bits per heavy atom. The van der Waals surface area contributed by atoms with Crippen LogP contribution < -0.4 is 9.80 Å². The highest BCUT2D eigenvalue weighted by Gasteiger charge is 2.29. The van der Waals surface area contributed by atoms with Crippen LogP contribution in [0.4, 0.5) is 17.2 Å². The highest BCUT2D eigenvalue weighted by molar-refractivity contribution is 5.97. The van der Waals surface area contributed by atoms with Gasteiger partial charge in [-0.15, -0.1) is 0 Å². The normalized spacial score (nSPS) is 16.4. The van der Waals surface area contributed by atoms with Crippen LogP contribution in [0.1, 0.15) is 11.1 Å². The standard InChI is InChI=1S/C20H20N6O3/c21-13-16-2-1-6-22-20(16)24-10-8-23(9-11-24)14-19(27)25-7-5-15-3-4-17(26(28)29)12-18(15)25/h1-4,6,12H,5,7-11,14H2. The Bertz CT molecular complexity index is 994. The van der Waals surface area contributed by atoms with Gasteiger partial charge in [-0.1, -0.05) is 6.07 Å². The minimum Gasteiger partial charge on any atom is -0.353 e. The van der Waals surface area contributed by atoms with E-state index in [1.807, 2.05) is 0 Å². The highest BCUT2D eigenvalue weighted by atomic mass is 16.6. The molecule has 0 aliphatic carbocycles. The van der Waals surface area contributed by atoms with E-state index in [9.17, 15) is 20.2 Å². The Hall–Kier alpha value is -3.51. The number of hydrogen-bond donors (Lipinski definition) is 0. The summed E-state index contributed by atoms with van der Waals surface area (Å²) in [6.07, 6.45) is 2.39. The second-order valence-corrected chi connectivity index (χ2v) is 7.12. The Labute approximate surface area is 167 Å². The maximum absolute atomic E-state index is 12.9. The van der Waals surface area contributed by atoms with Crippen LogP contribution in [-0.2, 0) is 11.2 Å². The monoisotopic (exact) mass is 392 g/mol. The van der Waals surface area contributed by atoms with E-state index >= 15 is 0 Å². The molecule has 29 heavy (non-hydrogen) atoms. The molecular weight excluding hydrogens is 372 g/mol. The second-order valence-electron chi connectivity index (χ2n) is 7.12. The number of anilines is 2. The van der Waals surface area contributed by atoms with Gasteiger partial charge in [0.25, 0.3) is 5.69 Å². The molecular formula is C20H20N6O3. The molecule has 2 aromatic rings. The zero-order chi connectivity index (χ0) is 20.4. The fraction of sp³-hybridized carbons (Fsp3) is 0.350. The van der Waals surface area contributed by atoms with Gasteiger partial charge in [0.05, 0.1) is 22.7 Å². The van der Waals surface area contributed by atoms with Crippen molar-refractivity contribution in [2.24, 2.45) is 0 Å². The number of rotatable bonds is 4. The molecule has 9 heteroatoms. The Morgan fingerprint density at radius 1 is 1.21 bits per heavy atom. The van der Waals surface area contributed by atoms with E-state index in [2.05, 4.69) is 20.9 Å². The van der Waals surface area contributed by atoms with Crippen molar-refractivity contribution >= 4 is 23.1 Å². The van der Waals surface area contributed by atoms with Crippen molar-refractivity contribution < 1.29 is 9.72 Å². The molecule has 1 saturated heterocycles. The zero-order valence-corrected chi connectivity index (χ0v) is 15.8. The lowest BCUT2D eigenvalue weighted by Crippen LogP contribution is -2.50. The Morgan fingerprint density at radius 3 is 2.72 bits per heavy atom. The number of pyridine rings is 1. The third kappa shape index (κ3) is 3.75. The molecule has 148 valence electrons. The predicted octanol–water partition coefficient (Wildman–Crippen LogP) is 1.57. The predicted molar refractivity (Wildman–Crippen MR) is 107 cm³/mol. The number of non-ortho nitro benzene ring substituents is 1. The van der Waals surface area contributed by atoms with E-state index in [-0.39, 0.29) is 18.1 Å². The van der Waals surface area contributed by atoms with Gasteiger partial charge in [-0.3, -0.25) is 19.8 Å². The summed E-state index contributed by atoms with van der Waals surface area (Å²) >= 11 is 0. The molecule has 9 nitrogen and oxygen atoms in total. The number of nitro groups is 1. The summed E-state index contributed by atoms with van der Waals surface area (Å²) in [7, 11) is 0. The van der Waals surface area contributed by atoms with Gasteiger partial charge < -0.3 is 9.80 Å². The molecule has 1 fully saturated rings. The first kappa shape index (κ1) is 18.8. The first-order chi connectivity index (χ1) is 14.1. The average molecular weight is 392 g/mol. The molecule has 1 amide bonds. The summed E-state index contributed by atoms with van der Waals surface area (Å²) in [6.45, 7) is 3.55. The lowest BCUT2D eigenvalue weighted by Gasteiger charge is -2.35. The van der Waals surface area contributed by atoms with E-state index in [4.69, 9.17) is 0 Å². The number of carbonyl (C=O) groups excluding carboxylic acids is 1. The number of nitrogens with zero attached hydrogens (tertiary/aromatic N) is 6. The van der Waals surface area contributed by atoms with Crippen LogP contribution in [0.25, 0.3) is 0 Å². The fourth-order valence-corrected chi connectivity index (χ4v) is 3.87. The summed E-state index contributed by atoms with van der Waals surface area (Å²) < 4.78 is 0. The number of aromatic nitrogens is 1. The summed E-state index contributed by atoms with van der Waals surface area (Å²) in [5, 5.41) is 20.3. The maximum atomic E-state index is 12.9. The quantitative estimate of drug-likeness (QED) is 0.574. The van der Waals surface area contributed by atoms with Crippen molar-refractivity contribution in [1.29, 1.82) is 5.26 Å². The van der Waals surface area contributed by atoms with Crippen LogP contribution in [0.3, 0.4) is 0 Å². The number of fused-ring (bicyclic) bond motifs is 1. The molecule has 0 bridgehead atoms. The lowest BCUT2D eigenvalue weighted by molar-refractivity contribution is -0.384. The second kappa shape index (κ2) is 7.85. The molecule has 0 atom stereocenters. The fourth-order valence-electron chi connectivity index (χ4n) is 3.87. The average Bonchev–Trinajstić information content (AvgIpc) is 3.17. The molecule has 0 saturated carbocycles. The summed E-state index contributed by atoms with van der Waals surface area (Å²) in [5.41, 5.74) is 2.16. The topological polar surface area (TPSA) is 107 Å². The van der Waals surface area contributed by atoms with E-state index in [1.54, 1.807) is 29.3 Å². The molecule has 3 heterocycles. The SMILES string of the molecule is N#Cc1cccnc1N1CCN(CC(=O)N2CCc3ccc([N+](=O)[O-])cc32)CC1. The van der Waals surface area contributed by atoms with Gasteiger partial charge in [-0.05, 0) is 24.1 Å². The lowest BCUT2D eigenvalue weighted by atomic mass is 10.1. The van der Waals surface area contributed by atoms with Crippen LogP contribution in [-0.4, -0.2) is 60.0 Å². The van der Waals surface area contributed by atoms with Crippen molar-refractivity contribution in [2.45, 2.75) is 6.42 Å². The molecule has 4 rings (SSSR count). The molecule has 1 aromatic heterocycles. The van der Waals surface area contributed by atoms with E-state index in [0.717, 1.165) is 5.56 Å². The summed E-state index contributed by atoms with van der Waals surface area (Å²) in [5.74, 6) is 0.634. The third-order valence-electron chi connectivity index (χ3n) is 5.41. The number of carbonyl (C=O) groups is 1. The third-order valence-corrected chi connectivity index (χ3v) is 5.41. The van der Waals surface area contributed by atoms with E-state index in [1.165, 1.54) is 12.1 Å². The first-order valence-electron chi connectivity index (χ1n) is 9.47. The molecule has 0 unspecified atom stereocenters. The molecule has 0 radical (unpaired) electrons. The smallest absolute Gasteiger partial charge is 0.271 e. The number of amides is 1. The Kier molecular flexibility index (Phi) is 5.10. The van der Waals surface area contributed by atoms with Crippen molar-refractivity contribution in [3.05, 3.63) is 57.8 Å². The van der Waals surface area contributed by atoms with Gasteiger partial charge in [-0.25, -0.2) is 4.98 Å². The summed E-state index contributed by atoms with van der Waals surface area (Å²) in [6, 6.07) is 10.4. The minimum absolute atomic E-state index is 0.000669. The van der Waals surface area contributed by atoms with Crippen molar-refractivity contribution in [2.75, 3.05) is 49.1 Å². The highest BCUT2D eigenvalue weighted by Crippen LogP contribution is 2.31. The van der Waals surface area contributed by atoms with Gasteiger partial charge in [0.2, 0.25) is 5.91 Å². The largest absolute Gasteiger partial charge is 0.353 e. The molecule has 0 spiro atoms.